The molecule has 31 heavy (non-hydrogen) atoms. The Bertz CT molecular complexity index is 1170. The number of nitrogens with zero attached hydrogens (tertiary/aromatic N) is 2. The molecule has 0 saturated carbocycles. The van der Waals surface area contributed by atoms with Gasteiger partial charge in [-0.1, -0.05) is 0 Å². The molecule has 1 aliphatic rings. The third-order valence-electron chi connectivity index (χ3n) is 5.50. The van der Waals surface area contributed by atoms with E-state index < -0.39 is 6.04 Å². The van der Waals surface area contributed by atoms with Crippen LogP contribution in [-0.2, 0) is 16.1 Å². The molecule has 2 heterocycles. The van der Waals surface area contributed by atoms with Crippen molar-refractivity contribution in [3.8, 4) is 11.5 Å². The lowest BCUT2D eigenvalue weighted by molar-refractivity contribution is -0.675. The molecule has 1 amide bonds. The van der Waals surface area contributed by atoms with Crippen molar-refractivity contribution in [3.05, 3.63) is 47.8 Å². The Balaban J connectivity index is 1.69. The highest BCUT2D eigenvalue weighted by molar-refractivity contribution is 5.96. The van der Waals surface area contributed by atoms with Crippen LogP contribution in [0, 0.1) is 6.92 Å². The quantitative estimate of drug-likeness (QED) is 0.485. The molecule has 2 aromatic carbocycles. The lowest BCUT2D eigenvalue weighted by Gasteiger charge is -2.12. The van der Waals surface area contributed by atoms with Crippen LogP contribution in [0.15, 0.2) is 36.4 Å². The zero-order valence-corrected chi connectivity index (χ0v) is 18.1. The van der Waals surface area contributed by atoms with Gasteiger partial charge < -0.3 is 19.5 Å². The van der Waals surface area contributed by atoms with Crippen molar-refractivity contribution < 1.29 is 28.4 Å². The van der Waals surface area contributed by atoms with Gasteiger partial charge in [0.05, 0.1) is 18.7 Å². The maximum absolute atomic E-state index is 13.1. The number of aromatic nitrogens is 2. The van der Waals surface area contributed by atoms with E-state index in [0.29, 0.717) is 29.4 Å². The highest BCUT2D eigenvalue weighted by Crippen LogP contribution is 2.34. The highest BCUT2D eigenvalue weighted by atomic mass is 16.7. The Morgan fingerprint density at radius 3 is 2.68 bits per heavy atom. The number of anilines is 1. The number of fused-ring (bicyclic) bond motifs is 2. The maximum atomic E-state index is 13.1. The van der Waals surface area contributed by atoms with Gasteiger partial charge in [-0.05, 0) is 45.0 Å². The molecule has 1 aliphatic heterocycles. The average Bonchev–Trinajstić information content (AvgIpc) is 3.33. The Morgan fingerprint density at radius 2 is 1.94 bits per heavy atom. The van der Waals surface area contributed by atoms with E-state index in [-0.39, 0.29) is 18.7 Å². The van der Waals surface area contributed by atoms with Gasteiger partial charge in [0.25, 0.3) is 11.7 Å². The zero-order chi connectivity index (χ0) is 22.1. The summed E-state index contributed by atoms with van der Waals surface area (Å²) in [5, 5.41) is 2.95. The number of hydrogen-bond donors (Lipinski definition) is 1. The molecule has 4 rings (SSSR count). The van der Waals surface area contributed by atoms with Gasteiger partial charge in [0.15, 0.2) is 28.6 Å². The topological polar surface area (TPSA) is 82.7 Å². The van der Waals surface area contributed by atoms with Crippen LogP contribution in [0.25, 0.3) is 11.0 Å². The number of carbonyl (C=O) groups is 2. The van der Waals surface area contributed by atoms with Gasteiger partial charge in [0, 0.05) is 24.7 Å². The first-order chi connectivity index (χ1) is 14.9. The van der Waals surface area contributed by atoms with Gasteiger partial charge in [-0.25, -0.2) is 13.9 Å². The van der Waals surface area contributed by atoms with E-state index in [9.17, 15) is 9.59 Å². The summed E-state index contributed by atoms with van der Waals surface area (Å²) in [5.74, 6) is 1.63. The number of imidazole rings is 1. The van der Waals surface area contributed by atoms with Crippen LogP contribution >= 0.6 is 0 Å². The second kappa shape index (κ2) is 8.29. The number of benzene rings is 2. The third-order valence-corrected chi connectivity index (χ3v) is 5.50. The molecule has 162 valence electrons. The molecule has 0 saturated heterocycles. The summed E-state index contributed by atoms with van der Waals surface area (Å²) in [6, 6.07) is 10.2. The Kier molecular flexibility index (Phi) is 5.54. The minimum absolute atomic E-state index is 0.177. The summed E-state index contributed by atoms with van der Waals surface area (Å²) in [6.07, 6.45) is 0. The van der Waals surface area contributed by atoms with Gasteiger partial charge >= 0.3 is 5.97 Å². The standard InChI is InChI=1S/C23H25N3O5/c1-5-25-15(4)26(19-11-16(7-9-18(19)25)23(28)29-6-2)14(3)22(27)24-17-8-10-20-21(12-17)31-13-30-20/h7-12,14H,5-6,13H2,1-4H3/p+1/t14-/m1/s1. The molecule has 0 aliphatic carbocycles. The zero-order valence-electron chi connectivity index (χ0n) is 18.1. The van der Waals surface area contributed by atoms with Crippen LogP contribution in [0.4, 0.5) is 5.69 Å². The van der Waals surface area contributed by atoms with Crippen molar-refractivity contribution in [2.24, 2.45) is 0 Å². The predicted octanol–water partition coefficient (Wildman–Crippen LogP) is 3.36. The number of aryl methyl sites for hydroxylation is 1. The van der Waals surface area contributed by atoms with E-state index in [1.165, 1.54) is 0 Å². The first-order valence-corrected chi connectivity index (χ1v) is 10.4. The molecule has 0 unspecified atom stereocenters. The number of ether oxygens (including phenoxy) is 3. The first kappa shape index (κ1) is 20.7. The molecule has 8 heteroatoms. The van der Waals surface area contributed by atoms with Crippen LogP contribution in [0.1, 0.15) is 43.0 Å². The van der Waals surface area contributed by atoms with Crippen molar-refractivity contribution in [2.75, 3.05) is 18.7 Å². The van der Waals surface area contributed by atoms with E-state index in [1.54, 1.807) is 37.3 Å². The Labute approximate surface area is 180 Å². The Hall–Kier alpha value is -3.55. The van der Waals surface area contributed by atoms with Crippen molar-refractivity contribution in [1.82, 2.24) is 4.57 Å². The van der Waals surface area contributed by atoms with Crippen molar-refractivity contribution in [1.29, 1.82) is 0 Å². The summed E-state index contributed by atoms with van der Waals surface area (Å²) in [6.45, 7) is 8.86. The fraction of sp³-hybridized carbons (Fsp3) is 0.348. The third kappa shape index (κ3) is 3.69. The second-order valence-electron chi connectivity index (χ2n) is 7.32. The van der Waals surface area contributed by atoms with E-state index >= 15 is 0 Å². The lowest BCUT2D eigenvalue weighted by atomic mass is 10.2. The molecule has 1 N–H and O–H groups in total. The molecule has 0 fully saturated rings. The van der Waals surface area contributed by atoms with Crippen molar-refractivity contribution in [3.63, 3.8) is 0 Å². The van der Waals surface area contributed by atoms with Crippen LogP contribution in [-0.4, -0.2) is 29.8 Å². The highest BCUT2D eigenvalue weighted by Gasteiger charge is 2.30. The second-order valence-corrected chi connectivity index (χ2v) is 7.32. The molecular formula is C23H26N3O5+. The van der Waals surface area contributed by atoms with Crippen molar-refractivity contribution >= 4 is 28.6 Å². The maximum Gasteiger partial charge on any atom is 0.338 e. The molecule has 0 bridgehead atoms. The normalized spacial score (nSPS) is 13.3. The summed E-state index contributed by atoms with van der Waals surface area (Å²) in [5.41, 5.74) is 2.85. The van der Waals surface area contributed by atoms with Crippen LogP contribution in [0.2, 0.25) is 0 Å². The molecular weight excluding hydrogens is 398 g/mol. The predicted molar refractivity (Wildman–Crippen MR) is 114 cm³/mol. The summed E-state index contributed by atoms with van der Waals surface area (Å²) < 4.78 is 19.9. The smallest absolute Gasteiger partial charge is 0.338 e. The first-order valence-electron chi connectivity index (χ1n) is 10.4. The van der Waals surface area contributed by atoms with Crippen LogP contribution in [0.3, 0.4) is 0 Å². The van der Waals surface area contributed by atoms with Crippen molar-refractivity contribution in [2.45, 2.75) is 40.3 Å². The lowest BCUT2D eigenvalue weighted by Crippen LogP contribution is -2.36. The molecule has 0 radical (unpaired) electrons. The number of amides is 1. The minimum atomic E-state index is -0.516. The summed E-state index contributed by atoms with van der Waals surface area (Å²) >= 11 is 0. The molecule has 1 atom stereocenters. The number of esters is 1. The van der Waals surface area contributed by atoms with Gasteiger partial charge in [0.2, 0.25) is 6.79 Å². The SMILES string of the molecule is CCOC(=O)c1ccc2c(c1)n([C@H](C)C(=O)Nc1ccc3c(c1)OCO3)c(C)[n+]2CC. The number of hydrogen-bond acceptors (Lipinski definition) is 5. The van der Waals surface area contributed by atoms with Gasteiger partial charge in [-0.3, -0.25) is 4.79 Å². The molecule has 3 aromatic rings. The number of nitrogens with one attached hydrogen (secondary N) is 1. The molecule has 1 aromatic heterocycles. The van der Waals surface area contributed by atoms with E-state index in [2.05, 4.69) is 9.88 Å². The van der Waals surface area contributed by atoms with Gasteiger partial charge in [-0.15, -0.1) is 0 Å². The average molecular weight is 424 g/mol. The number of rotatable bonds is 6. The minimum Gasteiger partial charge on any atom is -0.462 e. The van der Waals surface area contributed by atoms with E-state index in [4.69, 9.17) is 14.2 Å². The fourth-order valence-electron chi connectivity index (χ4n) is 3.99. The fourth-order valence-corrected chi connectivity index (χ4v) is 3.99. The van der Waals surface area contributed by atoms with Gasteiger partial charge in [0.1, 0.15) is 0 Å². The number of carbonyl (C=O) groups excluding carboxylic acids is 2. The van der Waals surface area contributed by atoms with Gasteiger partial charge in [-0.2, -0.15) is 0 Å². The van der Waals surface area contributed by atoms with E-state index in [0.717, 1.165) is 23.4 Å². The molecule has 0 spiro atoms. The Morgan fingerprint density at radius 1 is 1.16 bits per heavy atom. The molecule has 8 nitrogen and oxygen atoms in total. The summed E-state index contributed by atoms with van der Waals surface area (Å²) in [7, 11) is 0. The summed E-state index contributed by atoms with van der Waals surface area (Å²) in [4.78, 5) is 25.4. The van der Waals surface area contributed by atoms with E-state index in [1.807, 2.05) is 31.4 Å². The monoisotopic (exact) mass is 424 g/mol. The van der Waals surface area contributed by atoms with Crippen LogP contribution < -0.4 is 19.4 Å². The van der Waals surface area contributed by atoms with Crippen LogP contribution in [0.5, 0.6) is 11.5 Å². The largest absolute Gasteiger partial charge is 0.462 e.